The molecule has 2 aromatic carbocycles. The Morgan fingerprint density at radius 1 is 1.37 bits per heavy atom. The topological polar surface area (TPSA) is 131 Å². The second-order valence-corrected chi connectivity index (χ2v) is 7.15. The van der Waals surface area contributed by atoms with Crippen LogP contribution in [0.1, 0.15) is 17.3 Å². The SMILES string of the molecule is C[C@H](N)CNc1ccc(C(=O)Nc2cc(F)c3nn(C)cc3c2)c2[nH]c(=O)ncc12. The first kappa shape index (κ1) is 19.5. The molecule has 0 saturated carbocycles. The molecule has 0 radical (unpaired) electrons. The number of aromatic amines is 1. The van der Waals surface area contributed by atoms with Crippen LogP contribution in [0, 0.1) is 5.82 Å². The van der Waals surface area contributed by atoms with Gasteiger partial charge in [0.1, 0.15) is 5.52 Å². The fourth-order valence-electron chi connectivity index (χ4n) is 3.25. The Morgan fingerprint density at radius 3 is 2.93 bits per heavy atom. The van der Waals surface area contributed by atoms with Crippen LogP contribution in [0.2, 0.25) is 0 Å². The maximum Gasteiger partial charge on any atom is 0.345 e. The van der Waals surface area contributed by atoms with Gasteiger partial charge in [0.05, 0.1) is 11.1 Å². The Labute approximate surface area is 170 Å². The molecule has 0 saturated heterocycles. The van der Waals surface area contributed by atoms with Gasteiger partial charge in [0.15, 0.2) is 5.82 Å². The maximum absolute atomic E-state index is 14.3. The quantitative estimate of drug-likeness (QED) is 0.399. The summed E-state index contributed by atoms with van der Waals surface area (Å²) in [5.74, 6) is -1.04. The van der Waals surface area contributed by atoms with E-state index in [2.05, 4.69) is 25.7 Å². The third-order valence-corrected chi connectivity index (χ3v) is 4.58. The standard InChI is InChI=1S/C20H20FN7O2/c1-10(22)7-23-16-4-3-13(18-14(16)8-24-20(30)26-18)19(29)25-12-5-11-9-28(2)27-17(11)15(21)6-12/h3-6,8-10,23H,7,22H2,1-2H3,(H,25,29)(H,24,26,30)/t10-/m0/s1. The summed E-state index contributed by atoms with van der Waals surface area (Å²) in [5, 5.41) is 11.0. The van der Waals surface area contributed by atoms with E-state index in [0.29, 0.717) is 28.5 Å². The summed E-state index contributed by atoms with van der Waals surface area (Å²) in [6.45, 7) is 2.36. The van der Waals surface area contributed by atoms with Crippen LogP contribution in [-0.4, -0.2) is 38.2 Å². The maximum atomic E-state index is 14.3. The zero-order valence-corrected chi connectivity index (χ0v) is 16.4. The Bertz CT molecular complexity index is 1330. The number of amides is 1. The highest BCUT2D eigenvalue weighted by atomic mass is 19.1. The number of carbonyl (C=O) groups is 1. The van der Waals surface area contributed by atoms with E-state index in [1.165, 1.54) is 16.9 Å². The number of aryl methyl sites for hydroxylation is 1. The highest BCUT2D eigenvalue weighted by Gasteiger charge is 2.16. The van der Waals surface area contributed by atoms with Gasteiger partial charge in [-0.05, 0) is 31.2 Å². The monoisotopic (exact) mass is 409 g/mol. The molecule has 30 heavy (non-hydrogen) atoms. The van der Waals surface area contributed by atoms with E-state index in [1.54, 1.807) is 31.4 Å². The molecule has 0 aliphatic heterocycles. The summed E-state index contributed by atoms with van der Waals surface area (Å²) < 4.78 is 15.8. The molecule has 154 valence electrons. The minimum absolute atomic E-state index is 0.0870. The number of halogens is 1. The van der Waals surface area contributed by atoms with Crippen molar-refractivity contribution in [2.75, 3.05) is 17.2 Å². The van der Waals surface area contributed by atoms with Gasteiger partial charge >= 0.3 is 5.69 Å². The van der Waals surface area contributed by atoms with Gasteiger partial charge in [0.25, 0.3) is 5.91 Å². The molecule has 0 aliphatic rings. The molecule has 1 amide bonds. The highest BCUT2D eigenvalue weighted by molar-refractivity contribution is 6.14. The summed E-state index contributed by atoms with van der Waals surface area (Å²) in [5.41, 5.74) is 6.95. The molecule has 0 unspecified atom stereocenters. The van der Waals surface area contributed by atoms with Crippen LogP contribution < -0.4 is 22.1 Å². The molecule has 5 N–H and O–H groups in total. The molecular weight excluding hydrogens is 389 g/mol. The van der Waals surface area contributed by atoms with Gasteiger partial charge in [-0.1, -0.05) is 0 Å². The third-order valence-electron chi connectivity index (χ3n) is 4.58. The van der Waals surface area contributed by atoms with E-state index in [1.807, 2.05) is 6.92 Å². The second-order valence-electron chi connectivity index (χ2n) is 7.15. The van der Waals surface area contributed by atoms with Crippen molar-refractivity contribution in [1.29, 1.82) is 0 Å². The molecule has 0 fully saturated rings. The van der Waals surface area contributed by atoms with E-state index in [-0.39, 0.29) is 22.8 Å². The number of anilines is 2. The van der Waals surface area contributed by atoms with Crippen LogP contribution in [0.5, 0.6) is 0 Å². The first-order valence-electron chi connectivity index (χ1n) is 9.27. The fourth-order valence-corrected chi connectivity index (χ4v) is 3.25. The predicted octanol–water partition coefficient (Wildman–Crippen LogP) is 1.96. The van der Waals surface area contributed by atoms with Crippen molar-refractivity contribution in [3.8, 4) is 0 Å². The normalized spacial score (nSPS) is 12.3. The van der Waals surface area contributed by atoms with Crippen molar-refractivity contribution in [1.82, 2.24) is 19.7 Å². The van der Waals surface area contributed by atoms with E-state index in [9.17, 15) is 14.0 Å². The van der Waals surface area contributed by atoms with Gasteiger partial charge in [-0.25, -0.2) is 14.2 Å². The van der Waals surface area contributed by atoms with E-state index in [0.717, 1.165) is 0 Å². The van der Waals surface area contributed by atoms with Crippen LogP contribution in [0.25, 0.3) is 21.8 Å². The van der Waals surface area contributed by atoms with E-state index >= 15 is 0 Å². The average Bonchev–Trinajstić information content (AvgIpc) is 3.06. The summed E-state index contributed by atoms with van der Waals surface area (Å²) in [6, 6.07) is 6.05. The Kier molecular flexibility index (Phi) is 4.92. The fraction of sp³-hybridized carbons (Fsp3) is 0.200. The molecule has 2 heterocycles. The van der Waals surface area contributed by atoms with Gasteiger partial charge in [0, 0.05) is 54.2 Å². The summed E-state index contributed by atoms with van der Waals surface area (Å²) in [4.78, 5) is 31.1. The van der Waals surface area contributed by atoms with Gasteiger partial charge in [-0.2, -0.15) is 5.10 Å². The van der Waals surface area contributed by atoms with Gasteiger partial charge in [-0.15, -0.1) is 0 Å². The number of nitrogens with one attached hydrogen (secondary N) is 3. The number of fused-ring (bicyclic) bond motifs is 2. The summed E-state index contributed by atoms with van der Waals surface area (Å²) in [7, 11) is 1.69. The first-order chi connectivity index (χ1) is 14.3. The number of rotatable bonds is 5. The Hall–Kier alpha value is -3.79. The predicted molar refractivity (Wildman–Crippen MR) is 113 cm³/mol. The molecule has 0 bridgehead atoms. The molecule has 10 heteroatoms. The number of aromatic nitrogens is 4. The van der Waals surface area contributed by atoms with Crippen LogP contribution in [0.3, 0.4) is 0 Å². The smallest absolute Gasteiger partial charge is 0.345 e. The summed E-state index contributed by atoms with van der Waals surface area (Å²) in [6.07, 6.45) is 3.06. The number of H-pyrrole nitrogens is 1. The van der Waals surface area contributed by atoms with Crippen molar-refractivity contribution < 1.29 is 9.18 Å². The van der Waals surface area contributed by atoms with Gasteiger partial charge in [0.2, 0.25) is 0 Å². The lowest BCUT2D eigenvalue weighted by molar-refractivity contribution is 0.102. The van der Waals surface area contributed by atoms with Crippen LogP contribution >= 0.6 is 0 Å². The number of nitrogens with zero attached hydrogens (tertiary/aromatic N) is 3. The van der Waals surface area contributed by atoms with Crippen LogP contribution in [0.15, 0.2) is 41.5 Å². The van der Waals surface area contributed by atoms with Crippen molar-refractivity contribution in [2.24, 2.45) is 12.8 Å². The van der Waals surface area contributed by atoms with Crippen molar-refractivity contribution in [3.63, 3.8) is 0 Å². The molecular formula is C20H20FN7O2. The van der Waals surface area contributed by atoms with E-state index in [4.69, 9.17) is 5.73 Å². The molecule has 9 nitrogen and oxygen atoms in total. The molecule has 0 aliphatic carbocycles. The zero-order valence-electron chi connectivity index (χ0n) is 16.4. The number of carbonyl (C=O) groups excluding carboxylic acids is 1. The van der Waals surface area contributed by atoms with Crippen LogP contribution in [0.4, 0.5) is 15.8 Å². The minimum Gasteiger partial charge on any atom is -0.383 e. The lowest BCUT2D eigenvalue weighted by Crippen LogP contribution is -2.25. The largest absolute Gasteiger partial charge is 0.383 e. The number of nitrogens with two attached hydrogens (primary N) is 1. The average molecular weight is 409 g/mol. The van der Waals surface area contributed by atoms with Gasteiger partial charge < -0.3 is 21.4 Å². The molecule has 1 atom stereocenters. The molecule has 0 spiro atoms. The van der Waals surface area contributed by atoms with Crippen molar-refractivity contribution >= 4 is 39.1 Å². The molecule has 2 aromatic heterocycles. The first-order valence-corrected chi connectivity index (χ1v) is 9.27. The minimum atomic E-state index is -0.580. The second kappa shape index (κ2) is 7.56. The van der Waals surface area contributed by atoms with E-state index < -0.39 is 17.4 Å². The number of hydrogen-bond donors (Lipinski definition) is 4. The molecule has 4 rings (SSSR count). The van der Waals surface area contributed by atoms with Crippen molar-refractivity contribution in [3.05, 3.63) is 58.5 Å². The molecule has 4 aromatic rings. The van der Waals surface area contributed by atoms with Gasteiger partial charge in [-0.3, -0.25) is 9.48 Å². The third kappa shape index (κ3) is 3.72. The van der Waals surface area contributed by atoms with Crippen molar-refractivity contribution in [2.45, 2.75) is 13.0 Å². The van der Waals surface area contributed by atoms with Crippen LogP contribution in [-0.2, 0) is 7.05 Å². The number of benzene rings is 2. The lowest BCUT2D eigenvalue weighted by Gasteiger charge is -2.14. The highest BCUT2D eigenvalue weighted by Crippen LogP contribution is 2.26. The Balaban J connectivity index is 1.72. The number of hydrogen-bond acceptors (Lipinski definition) is 6. The lowest BCUT2D eigenvalue weighted by atomic mass is 10.1. The zero-order chi connectivity index (χ0) is 21.4. The summed E-state index contributed by atoms with van der Waals surface area (Å²) >= 11 is 0. The Morgan fingerprint density at radius 2 is 2.17 bits per heavy atom.